The van der Waals surface area contributed by atoms with E-state index in [1.807, 2.05) is 36.9 Å². The molecule has 0 aromatic heterocycles. The highest BCUT2D eigenvalue weighted by atomic mass is 16.5. The first kappa shape index (κ1) is 23.8. The van der Waals surface area contributed by atoms with E-state index in [4.69, 9.17) is 4.74 Å². The largest absolute Gasteiger partial charge is 0.489 e. The van der Waals surface area contributed by atoms with Crippen LogP contribution in [0.25, 0.3) is 0 Å². The van der Waals surface area contributed by atoms with E-state index < -0.39 is 0 Å². The minimum atomic E-state index is 0.101. The van der Waals surface area contributed by atoms with E-state index >= 15 is 0 Å². The normalized spacial score (nSPS) is 26.0. The van der Waals surface area contributed by atoms with Crippen LogP contribution in [-0.2, 0) is 16.1 Å². The van der Waals surface area contributed by atoms with Crippen LogP contribution in [-0.4, -0.2) is 59.9 Å². The molecule has 4 rings (SSSR count). The number of carbonyl (C=O) groups excluding carboxylic acids is 2. The molecule has 33 heavy (non-hydrogen) atoms. The predicted octanol–water partition coefficient (Wildman–Crippen LogP) is 3.76. The summed E-state index contributed by atoms with van der Waals surface area (Å²) < 4.78 is 6.15. The number of benzene rings is 1. The fourth-order valence-corrected chi connectivity index (χ4v) is 5.57. The zero-order valence-electron chi connectivity index (χ0n) is 20.2. The van der Waals surface area contributed by atoms with Crippen molar-refractivity contribution in [3.05, 3.63) is 42.0 Å². The number of piperidine rings is 1. The summed E-state index contributed by atoms with van der Waals surface area (Å²) in [6.07, 6.45) is 10.4. The van der Waals surface area contributed by atoms with Gasteiger partial charge in [0, 0.05) is 43.7 Å². The summed E-state index contributed by atoms with van der Waals surface area (Å²) in [6.45, 7) is 7.08. The van der Waals surface area contributed by atoms with Gasteiger partial charge in [0.1, 0.15) is 12.4 Å². The van der Waals surface area contributed by atoms with Gasteiger partial charge in [-0.3, -0.25) is 14.5 Å². The van der Waals surface area contributed by atoms with Crippen molar-refractivity contribution in [3.63, 3.8) is 0 Å². The molecule has 6 heteroatoms. The quantitative estimate of drug-likeness (QED) is 0.705. The van der Waals surface area contributed by atoms with Crippen molar-refractivity contribution < 1.29 is 14.3 Å². The van der Waals surface area contributed by atoms with Crippen LogP contribution in [0.2, 0.25) is 0 Å². The van der Waals surface area contributed by atoms with Gasteiger partial charge in [-0.1, -0.05) is 43.2 Å². The van der Waals surface area contributed by atoms with E-state index in [-0.39, 0.29) is 29.7 Å². The lowest BCUT2D eigenvalue weighted by molar-refractivity contribution is -0.135. The molecular formula is C27H39N3O3. The van der Waals surface area contributed by atoms with Crippen LogP contribution in [0.5, 0.6) is 5.75 Å². The summed E-state index contributed by atoms with van der Waals surface area (Å²) in [5.74, 6) is 1.62. The SMILES string of the molecule is CC(C)NC(=O)C[C@@H]1CCN2C[C@@H]1/C=C\COc1ccccc1CN(C1CCCC1)CC2=O. The first-order chi connectivity index (χ1) is 16.0. The van der Waals surface area contributed by atoms with E-state index in [1.165, 1.54) is 12.8 Å². The number of fused-ring (bicyclic) bond motifs is 3. The molecule has 6 nitrogen and oxygen atoms in total. The molecule has 2 atom stereocenters. The Morgan fingerprint density at radius 3 is 2.73 bits per heavy atom. The van der Waals surface area contributed by atoms with Crippen LogP contribution in [0.1, 0.15) is 57.9 Å². The summed E-state index contributed by atoms with van der Waals surface area (Å²) in [6, 6.07) is 8.80. The smallest absolute Gasteiger partial charge is 0.236 e. The molecule has 180 valence electrons. The second kappa shape index (κ2) is 11.2. The highest BCUT2D eigenvalue weighted by molar-refractivity contribution is 5.79. The molecule has 2 bridgehead atoms. The number of amides is 2. The number of nitrogens with zero attached hydrogens (tertiary/aromatic N) is 2. The number of ether oxygens (including phenoxy) is 1. The average Bonchev–Trinajstić information content (AvgIpc) is 3.32. The molecule has 1 aromatic rings. The van der Waals surface area contributed by atoms with Crippen molar-refractivity contribution >= 4 is 11.8 Å². The highest BCUT2D eigenvalue weighted by Gasteiger charge is 2.33. The third-order valence-electron chi connectivity index (χ3n) is 7.30. The van der Waals surface area contributed by atoms with Gasteiger partial charge >= 0.3 is 0 Å². The van der Waals surface area contributed by atoms with Gasteiger partial charge < -0.3 is 15.0 Å². The van der Waals surface area contributed by atoms with Crippen molar-refractivity contribution in [3.8, 4) is 5.75 Å². The minimum Gasteiger partial charge on any atom is -0.489 e. The second-order valence-corrected chi connectivity index (χ2v) is 10.2. The summed E-state index contributed by atoms with van der Waals surface area (Å²) >= 11 is 0. The van der Waals surface area contributed by atoms with Crippen LogP contribution < -0.4 is 10.1 Å². The van der Waals surface area contributed by atoms with E-state index in [0.29, 0.717) is 32.2 Å². The lowest BCUT2D eigenvalue weighted by Crippen LogP contribution is -2.49. The van der Waals surface area contributed by atoms with Gasteiger partial charge in [-0.2, -0.15) is 0 Å². The van der Waals surface area contributed by atoms with Crippen LogP contribution in [0.4, 0.5) is 0 Å². The molecular weight excluding hydrogens is 414 g/mol. The van der Waals surface area contributed by atoms with Crippen LogP contribution in [0.3, 0.4) is 0 Å². The Balaban J connectivity index is 1.55. The molecule has 2 amide bonds. The predicted molar refractivity (Wildman–Crippen MR) is 130 cm³/mol. The molecule has 3 aliphatic rings. The van der Waals surface area contributed by atoms with Crippen molar-refractivity contribution in [2.75, 3.05) is 26.2 Å². The van der Waals surface area contributed by atoms with Crippen LogP contribution >= 0.6 is 0 Å². The Hall–Kier alpha value is -2.34. The first-order valence-corrected chi connectivity index (χ1v) is 12.7. The van der Waals surface area contributed by atoms with Gasteiger partial charge in [-0.05, 0) is 51.0 Å². The number of para-hydroxylation sites is 1. The fraction of sp³-hybridized carbons (Fsp3) is 0.630. The molecule has 2 heterocycles. The van der Waals surface area contributed by atoms with Crippen LogP contribution in [0.15, 0.2) is 36.4 Å². The molecule has 1 N–H and O–H groups in total. The lowest BCUT2D eigenvalue weighted by Gasteiger charge is -2.39. The summed E-state index contributed by atoms with van der Waals surface area (Å²) in [7, 11) is 0. The standard InChI is InChI=1S/C27H39N3O3/c1-20(2)28-26(31)16-21-13-14-29-17-22(21)9-7-15-33-25-12-6-3-8-23(25)18-30(19-27(29)32)24-10-4-5-11-24/h3,6-9,12,20-22,24H,4-5,10-11,13-19H2,1-2H3,(H,28,31)/b9-7-/t21-,22-/m0/s1. The monoisotopic (exact) mass is 453 g/mol. The Morgan fingerprint density at radius 1 is 1.15 bits per heavy atom. The third kappa shape index (κ3) is 6.38. The number of nitrogens with one attached hydrogen (secondary N) is 1. The summed E-state index contributed by atoms with van der Waals surface area (Å²) in [4.78, 5) is 30.3. The number of rotatable bonds is 4. The van der Waals surface area contributed by atoms with E-state index in [1.54, 1.807) is 0 Å². The topological polar surface area (TPSA) is 61.9 Å². The number of hydrogen-bond acceptors (Lipinski definition) is 4. The van der Waals surface area contributed by atoms with E-state index in [9.17, 15) is 9.59 Å². The highest BCUT2D eigenvalue weighted by Crippen LogP contribution is 2.31. The van der Waals surface area contributed by atoms with Crippen molar-refractivity contribution in [2.45, 2.75) is 71.0 Å². The number of carbonyl (C=O) groups is 2. The molecule has 1 aliphatic carbocycles. The molecule has 2 aliphatic heterocycles. The Bertz CT molecular complexity index is 847. The molecule has 0 radical (unpaired) electrons. The Morgan fingerprint density at radius 2 is 1.94 bits per heavy atom. The zero-order valence-corrected chi connectivity index (χ0v) is 20.2. The Kier molecular flexibility index (Phi) is 8.07. The lowest BCUT2D eigenvalue weighted by atomic mass is 9.82. The van der Waals surface area contributed by atoms with Gasteiger partial charge in [0.2, 0.25) is 11.8 Å². The molecule has 1 saturated heterocycles. The van der Waals surface area contributed by atoms with Crippen molar-refractivity contribution in [1.82, 2.24) is 15.1 Å². The van der Waals surface area contributed by atoms with Gasteiger partial charge in [-0.25, -0.2) is 0 Å². The first-order valence-electron chi connectivity index (χ1n) is 12.7. The van der Waals surface area contributed by atoms with Crippen molar-refractivity contribution in [1.29, 1.82) is 0 Å². The molecule has 1 saturated carbocycles. The fourth-order valence-electron chi connectivity index (χ4n) is 5.57. The molecule has 0 unspecified atom stereocenters. The van der Waals surface area contributed by atoms with Gasteiger partial charge in [0.15, 0.2) is 0 Å². The molecule has 2 fully saturated rings. The van der Waals surface area contributed by atoms with Gasteiger partial charge in [0.25, 0.3) is 0 Å². The summed E-state index contributed by atoms with van der Waals surface area (Å²) in [5.41, 5.74) is 1.14. The zero-order chi connectivity index (χ0) is 23.2. The van der Waals surface area contributed by atoms with Gasteiger partial charge in [0.05, 0.1) is 6.54 Å². The molecule has 0 spiro atoms. The van der Waals surface area contributed by atoms with E-state index in [0.717, 1.165) is 43.7 Å². The van der Waals surface area contributed by atoms with Gasteiger partial charge in [-0.15, -0.1) is 0 Å². The van der Waals surface area contributed by atoms with Crippen molar-refractivity contribution in [2.24, 2.45) is 11.8 Å². The molecule has 1 aromatic carbocycles. The van der Waals surface area contributed by atoms with E-state index in [2.05, 4.69) is 28.4 Å². The third-order valence-corrected chi connectivity index (χ3v) is 7.30. The maximum absolute atomic E-state index is 13.4. The summed E-state index contributed by atoms with van der Waals surface area (Å²) in [5, 5.41) is 3.02. The number of hydrogen-bond donors (Lipinski definition) is 1. The average molecular weight is 454 g/mol. The maximum atomic E-state index is 13.4. The van der Waals surface area contributed by atoms with Crippen LogP contribution in [0, 0.1) is 11.8 Å². The Labute approximate surface area is 198 Å². The maximum Gasteiger partial charge on any atom is 0.236 e. The minimum absolute atomic E-state index is 0.101. The second-order valence-electron chi connectivity index (χ2n) is 10.2.